The second-order valence-electron chi connectivity index (χ2n) is 4.81. The number of para-hydroxylation sites is 1. The van der Waals surface area contributed by atoms with E-state index < -0.39 is 0 Å². The Hall–Kier alpha value is -1.32. The van der Waals surface area contributed by atoms with Crippen LogP contribution in [-0.4, -0.2) is 6.04 Å². The highest BCUT2D eigenvalue weighted by Crippen LogP contribution is 2.31. The Bertz CT molecular complexity index is 566. The number of rotatable bonds is 4. The van der Waals surface area contributed by atoms with E-state index in [-0.39, 0.29) is 6.04 Å². The lowest BCUT2D eigenvalue weighted by atomic mass is 10.1. The smallest absolute Gasteiger partial charge is 0.141 e. The Morgan fingerprint density at radius 2 is 1.89 bits per heavy atom. The first kappa shape index (κ1) is 14.1. The van der Waals surface area contributed by atoms with Crippen molar-refractivity contribution in [3.63, 3.8) is 0 Å². The SMILES string of the molecule is Cc1ccc(CC(C)N)cc1Oc1ccccc1Br. The van der Waals surface area contributed by atoms with E-state index in [1.165, 1.54) is 5.56 Å². The number of hydrogen-bond acceptors (Lipinski definition) is 2. The molecule has 1 atom stereocenters. The van der Waals surface area contributed by atoms with Crippen LogP contribution in [0.1, 0.15) is 18.1 Å². The molecule has 0 spiro atoms. The van der Waals surface area contributed by atoms with Crippen LogP contribution in [0.25, 0.3) is 0 Å². The van der Waals surface area contributed by atoms with Gasteiger partial charge in [0.15, 0.2) is 0 Å². The maximum Gasteiger partial charge on any atom is 0.141 e. The Balaban J connectivity index is 2.26. The van der Waals surface area contributed by atoms with Crippen LogP contribution in [0.15, 0.2) is 46.9 Å². The molecule has 19 heavy (non-hydrogen) atoms. The summed E-state index contributed by atoms with van der Waals surface area (Å²) in [6, 6.07) is 14.2. The first-order chi connectivity index (χ1) is 9.06. The van der Waals surface area contributed by atoms with Gasteiger partial charge in [-0.1, -0.05) is 24.3 Å². The molecule has 2 N–H and O–H groups in total. The van der Waals surface area contributed by atoms with Crippen LogP contribution in [0.5, 0.6) is 11.5 Å². The van der Waals surface area contributed by atoms with E-state index in [0.717, 1.165) is 28.0 Å². The predicted molar refractivity (Wildman–Crippen MR) is 82.7 cm³/mol. The number of benzene rings is 2. The molecule has 0 saturated carbocycles. The summed E-state index contributed by atoms with van der Waals surface area (Å²) in [5.74, 6) is 1.70. The van der Waals surface area contributed by atoms with E-state index >= 15 is 0 Å². The molecule has 0 amide bonds. The Kier molecular flexibility index (Phi) is 4.61. The van der Waals surface area contributed by atoms with Gasteiger partial charge in [-0.05, 0) is 65.5 Å². The van der Waals surface area contributed by atoms with Crippen LogP contribution in [0.4, 0.5) is 0 Å². The van der Waals surface area contributed by atoms with Crippen molar-refractivity contribution < 1.29 is 4.74 Å². The van der Waals surface area contributed by atoms with E-state index in [2.05, 4.69) is 34.1 Å². The zero-order valence-corrected chi connectivity index (χ0v) is 12.8. The fourth-order valence-electron chi connectivity index (χ4n) is 1.90. The molecule has 0 fully saturated rings. The number of ether oxygens (including phenoxy) is 1. The van der Waals surface area contributed by atoms with E-state index in [9.17, 15) is 0 Å². The average molecular weight is 320 g/mol. The molecule has 0 aliphatic rings. The second-order valence-corrected chi connectivity index (χ2v) is 5.67. The van der Waals surface area contributed by atoms with Crippen LogP contribution in [0, 0.1) is 6.92 Å². The highest BCUT2D eigenvalue weighted by molar-refractivity contribution is 9.10. The molecule has 2 aromatic rings. The lowest BCUT2D eigenvalue weighted by Gasteiger charge is -2.13. The minimum absolute atomic E-state index is 0.152. The second kappa shape index (κ2) is 6.22. The summed E-state index contributed by atoms with van der Waals surface area (Å²) in [6.07, 6.45) is 0.854. The lowest BCUT2D eigenvalue weighted by Crippen LogP contribution is -2.17. The monoisotopic (exact) mass is 319 g/mol. The van der Waals surface area contributed by atoms with Gasteiger partial charge in [-0.15, -0.1) is 0 Å². The van der Waals surface area contributed by atoms with Crippen molar-refractivity contribution in [3.05, 3.63) is 58.1 Å². The molecule has 0 aliphatic carbocycles. The number of nitrogens with two attached hydrogens (primary N) is 1. The zero-order chi connectivity index (χ0) is 13.8. The van der Waals surface area contributed by atoms with Crippen molar-refractivity contribution in [2.75, 3.05) is 0 Å². The Labute approximate surface area is 122 Å². The van der Waals surface area contributed by atoms with Gasteiger partial charge in [-0.2, -0.15) is 0 Å². The van der Waals surface area contributed by atoms with Gasteiger partial charge in [0.25, 0.3) is 0 Å². The van der Waals surface area contributed by atoms with Gasteiger partial charge in [-0.25, -0.2) is 0 Å². The minimum atomic E-state index is 0.152. The quantitative estimate of drug-likeness (QED) is 0.904. The summed E-state index contributed by atoms with van der Waals surface area (Å²) >= 11 is 3.49. The van der Waals surface area contributed by atoms with Crippen LogP contribution in [0.2, 0.25) is 0 Å². The average Bonchev–Trinajstić information content (AvgIpc) is 2.35. The summed E-state index contributed by atoms with van der Waals surface area (Å²) in [6.45, 7) is 4.05. The number of halogens is 1. The van der Waals surface area contributed by atoms with Crippen molar-refractivity contribution in [3.8, 4) is 11.5 Å². The molecule has 0 aromatic heterocycles. The van der Waals surface area contributed by atoms with Crippen LogP contribution in [-0.2, 0) is 6.42 Å². The van der Waals surface area contributed by atoms with E-state index in [1.807, 2.05) is 38.1 Å². The van der Waals surface area contributed by atoms with Gasteiger partial charge in [-0.3, -0.25) is 0 Å². The zero-order valence-electron chi connectivity index (χ0n) is 11.2. The molecular weight excluding hydrogens is 302 g/mol. The molecule has 100 valence electrons. The van der Waals surface area contributed by atoms with Gasteiger partial charge in [0.05, 0.1) is 4.47 Å². The lowest BCUT2D eigenvalue weighted by molar-refractivity contribution is 0.475. The topological polar surface area (TPSA) is 35.2 Å². The molecule has 0 heterocycles. The number of hydrogen-bond donors (Lipinski definition) is 1. The maximum atomic E-state index is 5.97. The third kappa shape index (κ3) is 3.82. The molecule has 3 heteroatoms. The highest BCUT2D eigenvalue weighted by Gasteiger charge is 2.07. The van der Waals surface area contributed by atoms with E-state index in [4.69, 9.17) is 10.5 Å². The van der Waals surface area contributed by atoms with Crippen LogP contribution >= 0.6 is 15.9 Å². The number of aryl methyl sites for hydroxylation is 1. The van der Waals surface area contributed by atoms with E-state index in [1.54, 1.807) is 0 Å². The summed E-state index contributed by atoms with van der Waals surface area (Å²) in [4.78, 5) is 0. The predicted octanol–water partition coefficient (Wildman–Crippen LogP) is 4.44. The third-order valence-electron chi connectivity index (χ3n) is 2.87. The van der Waals surface area contributed by atoms with Crippen molar-refractivity contribution in [2.45, 2.75) is 26.3 Å². The molecule has 0 saturated heterocycles. The fourth-order valence-corrected chi connectivity index (χ4v) is 2.26. The van der Waals surface area contributed by atoms with Gasteiger partial charge < -0.3 is 10.5 Å². The molecule has 1 unspecified atom stereocenters. The molecule has 2 nitrogen and oxygen atoms in total. The first-order valence-electron chi connectivity index (χ1n) is 6.34. The summed E-state index contributed by atoms with van der Waals surface area (Å²) in [5.41, 5.74) is 8.15. The van der Waals surface area contributed by atoms with Crippen molar-refractivity contribution in [2.24, 2.45) is 5.73 Å². The van der Waals surface area contributed by atoms with E-state index in [0.29, 0.717) is 0 Å². The minimum Gasteiger partial charge on any atom is -0.456 e. The van der Waals surface area contributed by atoms with Gasteiger partial charge in [0.2, 0.25) is 0 Å². The summed E-state index contributed by atoms with van der Waals surface area (Å²) < 4.78 is 6.93. The summed E-state index contributed by atoms with van der Waals surface area (Å²) in [5, 5.41) is 0. The molecular formula is C16H18BrNO. The van der Waals surface area contributed by atoms with Crippen LogP contribution in [0.3, 0.4) is 0 Å². The molecule has 2 aromatic carbocycles. The summed E-state index contributed by atoms with van der Waals surface area (Å²) in [7, 11) is 0. The molecule has 0 aliphatic heterocycles. The molecule has 2 rings (SSSR count). The maximum absolute atomic E-state index is 5.97. The normalized spacial score (nSPS) is 12.2. The molecule has 0 radical (unpaired) electrons. The van der Waals surface area contributed by atoms with Gasteiger partial charge >= 0.3 is 0 Å². The van der Waals surface area contributed by atoms with Crippen molar-refractivity contribution in [1.29, 1.82) is 0 Å². The first-order valence-corrected chi connectivity index (χ1v) is 7.13. The fraction of sp³-hybridized carbons (Fsp3) is 0.250. The van der Waals surface area contributed by atoms with Crippen molar-refractivity contribution in [1.82, 2.24) is 0 Å². The van der Waals surface area contributed by atoms with Gasteiger partial charge in [0, 0.05) is 6.04 Å². The largest absolute Gasteiger partial charge is 0.456 e. The molecule has 0 bridgehead atoms. The van der Waals surface area contributed by atoms with Gasteiger partial charge in [0.1, 0.15) is 11.5 Å². The standard InChI is InChI=1S/C16H18BrNO/c1-11-7-8-13(9-12(2)18)10-16(11)19-15-6-4-3-5-14(15)17/h3-8,10,12H,9,18H2,1-2H3. The Morgan fingerprint density at radius 1 is 1.16 bits per heavy atom. The van der Waals surface area contributed by atoms with Crippen LogP contribution < -0.4 is 10.5 Å². The van der Waals surface area contributed by atoms with Crippen molar-refractivity contribution >= 4 is 15.9 Å². The third-order valence-corrected chi connectivity index (χ3v) is 3.52. The Morgan fingerprint density at radius 3 is 2.58 bits per heavy atom. The highest BCUT2D eigenvalue weighted by atomic mass is 79.9.